The Morgan fingerprint density at radius 1 is 1.22 bits per heavy atom. The molecule has 0 saturated heterocycles. The highest BCUT2D eigenvalue weighted by Crippen LogP contribution is 2.25. The van der Waals surface area contributed by atoms with Gasteiger partial charge in [0.2, 0.25) is 0 Å². The van der Waals surface area contributed by atoms with E-state index in [1.54, 1.807) is 0 Å². The Bertz CT molecular complexity index is 769. The number of carbonyl (C=O) groups excluding carboxylic acids is 3. The number of ether oxygens (including phenoxy) is 1. The molecule has 0 aliphatic carbocycles. The average molecular weight is 329 g/mol. The van der Waals surface area contributed by atoms with Gasteiger partial charge in [0.1, 0.15) is 11.0 Å². The number of esters is 1. The van der Waals surface area contributed by atoms with Crippen LogP contribution in [0.4, 0.5) is 13.2 Å². The summed E-state index contributed by atoms with van der Waals surface area (Å²) in [5.74, 6) is -7.92. The lowest BCUT2D eigenvalue weighted by molar-refractivity contribution is -0.178. The van der Waals surface area contributed by atoms with Gasteiger partial charge in [0.25, 0.3) is 5.78 Å². The molecule has 0 amide bonds. The van der Waals surface area contributed by atoms with Crippen molar-refractivity contribution in [1.82, 2.24) is 15.4 Å². The zero-order valence-electron chi connectivity index (χ0n) is 11.7. The Kier molecular flexibility index (Phi) is 4.43. The van der Waals surface area contributed by atoms with Gasteiger partial charge in [-0.3, -0.25) is 14.4 Å². The third kappa shape index (κ3) is 3.35. The fourth-order valence-corrected chi connectivity index (χ4v) is 1.88. The minimum Gasteiger partial charge on any atom is -0.465 e. The molecule has 0 bridgehead atoms. The molecule has 0 aliphatic heterocycles. The van der Waals surface area contributed by atoms with Gasteiger partial charge in [0.05, 0.1) is 6.61 Å². The second-order valence-corrected chi connectivity index (χ2v) is 4.44. The number of ketones is 2. The van der Waals surface area contributed by atoms with Crippen molar-refractivity contribution in [2.45, 2.75) is 13.1 Å². The fraction of sp³-hybridized carbons (Fsp3) is 0.308. The third-order valence-corrected chi connectivity index (χ3v) is 2.93. The molecule has 2 aromatic rings. The number of H-pyrrole nitrogens is 1. The van der Waals surface area contributed by atoms with Crippen LogP contribution >= 0.6 is 0 Å². The molecule has 1 aromatic heterocycles. The van der Waals surface area contributed by atoms with E-state index in [1.165, 1.54) is 13.0 Å². The molecule has 0 saturated carbocycles. The molecule has 23 heavy (non-hydrogen) atoms. The Morgan fingerprint density at radius 3 is 2.48 bits per heavy atom. The number of Topliss-reactive ketones (excluding diaryl/α,β-unsaturated/α-hetero) is 2. The van der Waals surface area contributed by atoms with Crippen LogP contribution in [0.1, 0.15) is 17.3 Å². The number of fused-ring (bicyclic) bond motifs is 1. The molecule has 7 nitrogen and oxygen atoms in total. The number of alkyl halides is 3. The van der Waals surface area contributed by atoms with Crippen LogP contribution in [0, 0.1) is 5.92 Å². The first-order chi connectivity index (χ1) is 10.8. The molecule has 0 spiro atoms. The maximum Gasteiger partial charge on any atom is 0.451 e. The molecule has 122 valence electrons. The lowest BCUT2D eigenvalue weighted by Crippen LogP contribution is -2.41. The number of aromatic amines is 1. The molecule has 1 aromatic carbocycles. The summed E-state index contributed by atoms with van der Waals surface area (Å²) < 4.78 is 42.3. The molecular weight excluding hydrogens is 319 g/mol. The van der Waals surface area contributed by atoms with Gasteiger partial charge < -0.3 is 4.74 Å². The van der Waals surface area contributed by atoms with Gasteiger partial charge in [0, 0.05) is 5.56 Å². The van der Waals surface area contributed by atoms with Gasteiger partial charge in [-0.05, 0) is 25.1 Å². The van der Waals surface area contributed by atoms with Crippen LogP contribution in [-0.4, -0.2) is 45.7 Å². The third-order valence-electron chi connectivity index (χ3n) is 2.93. The number of benzene rings is 1. The van der Waals surface area contributed by atoms with E-state index >= 15 is 0 Å². The van der Waals surface area contributed by atoms with Crippen molar-refractivity contribution in [2.24, 2.45) is 5.92 Å². The summed E-state index contributed by atoms with van der Waals surface area (Å²) in [5, 5.41) is 9.67. The number of nitrogens with zero attached hydrogens (tertiary/aromatic N) is 2. The van der Waals surface area contributed by atoms with Crippen molar-refractivity contribution in [1.29, 1.82) is 0 Å². The molecular formula is C13H10F3N3O4. The summed E-state index contributed by atoms with van der Waals surface area (Å²) in [6.07, 6.45) is -5.34. The number of hydrogen-bond donors (Lipinski definition) is 1. The molecule has 2 rings (SSSR count). The quantitative estimate of drug-likeness (QED) is 0.506. The Hall–Kier alpha value is -2.78. The van der Waals surface area contributed by atoms with E-state index in [-0.39, 0.29) is 17.7 Å². The van der Waals surface area contributed by atoms with Crippen molar-refractivity contribution >= 4 is 28.6 Å². The van der Waals surface area contributed by atoms with Crippen molar-refractivity contribution in [3.05, 3.63) is 23.8 Å². The SMILES string of the molecule is CCOC(=O)C(C(=O)c1ccc2n[nH]nc2c1)C(=O)C(F)(F)F. The van der Waals surface area contributed by atoms with E-state index in [0.29, 0.717) is 5.52 Å². The van der Waals surface area contributed by atoms with E-state index in [9.17, 15) is 27.6 Å². The van der Waals surface area contributed by atoms with Crippen LogP contribution < -0.4 is 0 Å². The van der Waals surface area contributed by atoms with Gasteiger partial charge in [0.15, 0.2) is 11.7 Å². The first-order valence-electron chi connectivity index (χ1n) is 6.38. The lowest BCUT2D eigenvalue weighted by atomic mass is 9.93. The summed E-state index contributed by atoms with van der Waals surface area (Å²) in [7, 11) is 0. The van der Waals surface area contributed by atoms with Gasteiger partial charge in [-0.1, -0.05) is 0 Å². The number of hydrogen-bond acceptors (Lipinski definition) is 6. The van der Waals surface area contributed by atoms with E-state index in [2.05, 4.69) is 20.1 Å². The predicted molar refractivity (Wildman–Crippen MR) is 69.4 cm³/mol. The van der Waals surface area contributed by atoms with E-state index in [0.717, 1.165) is 12.1 Å². The predicted octanol–water partition coefficient (Wildman–Crippen LogP) is 1.45. The van der Waals surface area contributed by atoms with Gasteiger partial charge in [-0.15, -0.1) is 0 Å². The molecule has 1 unspecified atom stereocenters. The maximum atomic E-state index is 12.6. The minimum absolute atomic E-state index is 0.206. The summed E-state index contributed by atoms with van der Waals surface area (Å²) >= 11 is 0. The van der Waals surface area contributed by atoms with E-state index < -0.39 is 29.6 Å². The molecule has 1 heterocycles. The van der Waals surface area contributed by atoms with Gasteiger partial charge in [-0.25, -0.2) is 0 Å². The highest BCUT2D eigenvalue weighted by Gasteiger charge is 2.50. The first-order valence-corrected chi connectivity index (χ1v) is 6.38. The van der Waals surface area contributed by atoms with Gasteiger partial charge >= 0.3 is 12.1 Å². The fourth-order valence-electron chi connectivity index (χ4n) is 1.88. The van der Waals surface area contributed by atoms with Crippen molar-refractivity contribution in [3.8, 4) is 0 Å². The van der Waals surface area contributed by atoms with Crippen LogP contribution in [0.2, 0.25) is 0 Å². The molecule has 10 heteroatoms. The highest BCUT2D eigenvalue weighted by molar-refractivity contribution is 6.24. The smallest absolute Gasteiger partial charge is 0.451 e. The molecule has 0 fully saturated rings. The summed E-state index contributed by atoms with van der Waals surface area (Å²) in [6.45, 7) is 1.08. The highest BCUT2D eigenvalue weighted by atomic mass is 19.4. The second kappa shape index (κ2) is 6.15. The lowest BCUT2D eigenvalue weighted by Gasteiger charge is -2.15. The standard InChI is InChI=1S/C13H10F3N3O4/c1-2-23-12(22)9(11(21)13(14,15)16)10(20)6-3-4-7-8(5-6)18-19-17-7/h3-5,9H,2H2,1H3,(H,17,18,19). The largest absolute Gasteiger partial charge is 0.465 e. The van der Waals surface area contributed by atoms with Crippen molar-refractivity contribution < 1.29 is 32.3 Å². The number of halogens is 3. The molecule has 1 atom stereocenters. The van der Waals surface area contributed by atoms with Crippen LogP contribution in [0.5, 0.6) is 0 Å². The maximum absolute atomic E-state index is 12.6. The number of nitrogens with one attached hydrogen (secondary N) is 1. The topological polar surface area (TPSA) is 102 Å². The summed E-state index contributed by atoms with van der Waals surface area (Å²) in [5.41, 5.74) is 0.302. The van der Waals surface area contributed by atoms with E-state index in [4.69, 9.17) is 0 Å². The molecule has 0 radical (unpaired) electrons. The second-order valence-electron chi connectivity index (χ2n) is 4.44. The summed E-state index contributed by atoms with van der Waals surface area (Å²) in [6, 6.07) is 3.62. The minimum atomic E-state index is -5.34. The Labute approximate surface area is 126 Å². The van der Waals surface area contributed by atoms with Crippen molar-refractivity contribution in [2.75, 3.05) is 6.61 Å². The number of carbonyl (C=O) groups is 3. The monoisotopic (exact) mass is 329 g/mol. The number of rotatable bonds is 5. The molecule has 1 N–H and O–H groups in total. The van der Waals surface area contributed by atoms with Crippen LogP contribution in [0.15, 0.2) is 18.2 Å². The number of aromatic nitrogens is 3. The first kappa shape index (κ1) is 16.6. The zero-order chi connectivity index (χ0) is 17.2. The van der Waals surface area contributed by atoms with Gasteiger partial charge in [-0.2, -0.15) is 28.6 Å². The zero-order valence-corrected chi connectivity index (χ0v) is 11.7. The van der Waals surface area contributed by atoms with Crippen LogP contribution in [0.25, 0.3) is 11.0 Å². The van der Waals surface area contributed by atoms with Crippen LogP contribution in [-0.2, 0) is 14.3 Å². The van der Waals surface area contributed by atoms with Crippen molar-refractivity contribution in [3.63, 3.8) is 0 Å². The Balaban J connectivity index is 2.42. The molecule has 0 aliphatic rings. The van der Waals surface area contributed by atoms with E-state index in [1.807, 2.05) is 0 Å². The normalized spacial score (nSPS) is 12.9. The summed E-state index contributed by atoms with van der Waals surface area (Å²) in [4.78, 5) is 35.3. The van der Waals surface area contributed by atoms with Crippen LogP contribution in [0.3, 0.4) is 0 Å². The average Bonchev–Trinajstić information content (AvgIpc) is 2.93. The Morgan fingerprint density at radius 2 is 1.87 bits per heavy atom.